The van der Waals surface area contributed by atoms with Gasteiger partial charge in [-0.1, -0.05) is 6.92 Å². The van der Waals surface area contributed by atoms with Crippen molar-refractivity contribution in [2.75, 3.05) is 0 Å². The summed E-state index contributed by atoms with van der Waals surface area (Å²) in [7, 11) is 0. The third-order valence-electron chi connectivity index (χ3n) is 3.96. The predicted molar refractivity (Wildman–Crippen MR) is 56.8 cm³/mol. The molecule has 2 fully saturated rings. The minimum Gasteiger partial charge on any atom is -0.351 e. The van der Waals surface area contributed by atoms with E-state index in [4.69, 9.17) is 0 Å². The second kappa shape index (κ2) is 3.25. The molecule has 0 saturated heterocycles. The Morgan fingerprint density at radius 3 is 2.36 bits per heavy atom. The van der Waals surface area contributed by atoms with Gasteiger partial charge in [0.05, 0.1) is 0 Å². The Labute approximate surface area is 86.5 Å². The van der Waals surface area contributed by atoms with Gasteiger partial charge in [-0.25, -0.2) is 0 Å². The van der Waals surface area contributed by atoms with E-state index >= 15 is 0 Å². The molecule has 2 saturated carbocycles. The summed E-state index contributed by atoms with van der Waals surface area (Å²) >= 11 is 0. The van der Waals surface area contributed by atoms with Crippen molar-refractivity contribution in [3.8, 4) is 0 Å². The molecule has 0 aromatic carbocycles. The molecular weight excluding hydrogens is 174 g/mol. The quantitative estimate of drug-likeness (QED) is 0.735. The highest BCUT2D eigenvalue weighted by molar-refractivity contribution is 5.79. The highest BCUT2D eigenvalue weighted by atomic mass is 16.2. The Kier molecular flexibility index (Phi) is 2.32. The van der Waals surface area contributed by atoms with Crippen molar-refractivity contribution in [3.63, 3.8) is 0 Å². The molecule has 0 radical (unpaired) electrons. The molecule has 2 heteroatoms. The molecule has 2 rings (SSSR count). The van der Waals surface area contributed by atoms with Gasteiger partial charge in [0.25, 0.3) is 0 Å². The molecule has 80 valence electrons. The van der Waals surface area contributed by atoms with Crippen LogP contribution in [0.1, 0.15) is 46.5 Å². The maximum Gasteiger partial charge on any atom is 0.223 e. The van der Waals surface area contributed by atoms with Crippen LogP contribution in [0.25, 0.3) is 0 Å². The minimum absolute atomic E-state index is 0.0239. The first-order chi connectivity index (χ1) is 6.52. The molecule has 1 amide bonds. The van der Waals surface area contributed by atoms with Crippen molar-refractivity contribution in [1.29, 1.82) is 0 Å². The van der Waals surface area contributed by atoms with E-state index in [1.807, 2.05) is 0 Å². The fraction of sp³-hybridized carbons (Fsp3) is 0.917. The highest BCUT2D eigenvalue weighted by Crippen LogP contribution is 2.54. The average Bonchev–Trinajstić information content (AvgIpc) is 2.73. The zero-order chi connectivity index (χ0) is 10.3. The standard InChI is InChI=1S/C12H21NO/c1-4-12(2,3)13-11(14)10-6-8-5-9(8)7-10/h8-10H,4-7H2,1-3H3,(H,13,14). The Balaban J connectivity index is 1.84. The van der Waals surface area contributed by atoms with E-state index in [2.05, 4.69) is 26.1 Å². The van der Waals surface area contributed by atoms with E-state index in [1.54, 1.807) is 0 Å². The summed E-state index contributed by atoms with van der Waals surface area (Å²) in [5.41, 5.74) is -0.0239. The van der Waals surface area contributed by atoms with Gasteiger partial charge in [-0.15, -0.1) is 0 Å². The number of carbonyl (C=O) groups is 1. The molecule has 2 aliphatic rings. The first-order valence-corrected chi connectivity index (χ1v) is 5.84. The molecule has 2 atom stereocenters. The number of nitrogens with one attached hydrogen (secondary N) is 1. The zero-order valence-corrected chi connectivity index (χ0v) is 9.47. The van der Waals surface area contributed by atoms with Crippen molar-refractivity contribution in [2.45, 2.75) is 52.0 Å². The number of amides is 1. The van der Waals surface area contributed by atoms with Crippen molar-refractivity contribution < 1.29 is 4.79 Å². The Hall–Kier alpha value is -0.530. The molecule has 0 aromatic rings. The van der Waals surface area contributed by atoms with E-state index in [0.29, 0.717) is 11.8 Å². The van der Waals surface area contributed by atoms with E-state index in [0.717, 1.165) is 31.1 Å². The van der Waals surface area contributed by atoms with Crippen LogP contribution < -0.4 is 5.32 Å². The van der Waals surface area contributed by atoms with E-state index in [1.165, 1.54) is 6.42 Å². The van der Waals surface area contributed by atoms with Crippen LogP contribution in [0.15, 0.2) is 0 Å². The first kappa shape index (κ1) is 10.0. The van der Waals surface area contributed by atoms with Crippen LogP contribution in [-0.2, 0) is 4.79 Å². The molecule has 0 bridgehead atoms. The van der Waals surface area contributed by atoms with E-state index in [9.17, 15) is 4.79 Å². The Morgan fingerprint density at radius 2 is 1.86 bits per heavy atom. The molecule has 0 spiro atoms. The normalized spacial score (nSPS) is 35.2. The number of hydrogen-bond acceptors (Lipinski definition) is 1. The lowest BCUT2D eigenvalue weighted by molar-refractivity contribution is -0.126. The largest absolute Gasteiger partial charge is 0.351 e. The van der Waals surface area contributed by atoms with Gasteiger partial charge < -0.3 is 5.32 Å². The predicted octanol–water partition coefficient (Wildman–Crippen LogP) is 2.34. The second-order valence-corrected chi connectivity index (χ2v) is 5.65. The lowest BCUT2D eigenvalue weighted by Crippen LogP contribution is -2.45. The molecule has 14 heavy (non-hydrogen) atoms. The van der Waals surface area contributed by atoms with Crippen LogP contribution in [0.4, 0.5) is 0 Å². The summed E-state index contributed by atoms with van der Waals surface area (Å²) in [5.74, 6) is 2.42. The highest BCUT2D eigenvalue weighted by Gasteiger charge is 2.48. The maximum absolute atomic E-state index is 11.9. The molecule has 1 N–H and O–H groups in total. The van der Waals surface area contributed by atoms with Gasteiger partial charge in [0, 0.05) is 11.5 Å². The number of hydrogen-bond donors (Lipinski definition) is 1. The minimum atomic E-state index is -0.0239. The summed E-state index contributed by atoms with van der Waals surface area (Å²) in [6.45, 7) is 6.31. The van der Waals surface area contributed by atoms with Gasteiger partial charge in [-0.2, -0.15) is 0 Å². The summed E-state index contributed by atoms with van der Waals surface area (Å²) < 4.78 is 0. The third-order valence-corrected chi connectivity index (χ3v) is 3.96. The molecule has 0 aromatic heterocycles. The fourth-order valence-corrected chi connectivity index (χ4v) is 2.45. The second-order valence-electron chi connectivity index (χ2n) is 5.65. The van der Waals surface area contributed by atoms with Gasteiger partial charge >= 0.3 is 0 Å². The van der Waals surface area contributed by atoms with Crippen LogP contribution in [0.3, 0.4) is 0 Å². The van der Waals surface area contributed by atoms with Gasteiger partial charge in [0.2, 0.25) is 5.91 Å². The molecular formula is C12H21NO. The van der Waals surface area contributed by atoms with Crippen LogP contribution >= 0.6 is 0 Å². The first-order valence-electron chi connectivity index (χ1n) is 5.84. The summed E-state index contributed by atoms with van der Waals surface area (Å²) in [6, 6.07) is 0. The lowest BCUT2D eigenvalue weighted by Gasteiger charge is -2.26. The average molecular weight is 195 g/mol. The van der Waals surface area contributed by atoms with Gasteiger partial charge in [-0.3, -0.25) is 4.79 Å². The van der Waals surface area contributed by atoms with Crippen molar-refractivity contribution in [2.24, 2.45) is 17.8 Å². The van der Waals surface area contributed by atoms with Gasteiger partial charge in [0.1, 0.15) is 0 Å². The maximum atomic E-state index is 11.9. The third kappa shape index (κ3) is 1.94. The number of fused-ring (bicyclic) bond motifs is 1. The van der Waals surface area contributed by atoms with Crippen LogP contribution in [0.5, 0.6) is 0 Å². The number of rotatable bonds is 3. The lowest BCUT2D eigenvalue weighted by atomic mass is 9.97. The molecule has 2 aliphatic carbocycles. The Bertz CT molecular complexity index is 237. The van der Waals surface area contributed by atoms with Crippen molar-refractivity contribution >= 4 is 5.91 Å². The van der Waals surface area contributed by atoms with Gasteiger partial charge in [0.15, 0.2) is 0 Å². The molecule has 2 nitrogen and oxygen atoms in total. The van der Waals surface area contributed by atoms with Crippen LogP contribution in [0.2, 0.25) is 0 Å². The summed E-state index contributed by atoms with van der Waals surface area (Å²) in [5, 5.41) is 3.15. The monoisotopic (exact) mass is 195 g/mol. The van der Waals surface area contributed by atoms with Crippen molar-refractivity contribution in [1.82, 2.24) is 5.32 Å². The fourth-order valence-electron chi connectivity index (χ4n) is 2.45. The molecule has 2 unspecified atom stereocenters. The van der Waals surface area contributed by atoms with E-state index in [-0.39, 0.29) is 5.54 Å². The van der Waals surface area contributed by atoms with Crippen LogP contribution in [0, 0.1) is 17.8 Å². The summed E-state index contributed by atoms with van der Waals surface area (Å²) in [4.78, 5) is 11.9. The smallest absolute Gasteiger partial charge is 0.223 e. The van der Waals surface area contributed by atoms with Gasteiger partial charge in [-0.05, 0) is 51.4 Å². The zero-order valence-electron chi connectivity index (χ0n) is 9.47. The molecule has 0 heterocycles. The summed E-state index contributed by atoms with van der Waals surface area (Å²) in [6.07, 6.45) is 4.69. The Morgan fingerprint density at radius 1 is 1.29 bits per heavy atom. The SMILES string of the molecule is CCC(C)(C)NC(=O)C1CC2CC2C1. The topological polar surface area (TPSA) is 29.1 Å². The van der Waals surface area contributed by atoms with Crippen molar-refractivity contribution in [3.05, 3.63) is 0 Å². The van der Waals surface area contributed by atoms with E-state index < -0.39 is 0 Å². The number of carbonyl (C=O) groups excluding carboxylic acids is 1. The molecule has 0 aliphatic heterocycles. The van der Waals surface area contributed by atoms with Crippen LogP contribution in [-0.4, -0.2) is 11.4 Å².